The molecule has 5 N–H and O–H groups in total. The number of ether oxygens (including phenoxy) is 1. The summed E-state index contributed by atoms with van der Waals surface area (Å²) in [6.45, 7) is 10.5. The standard InChI is InChI=1S/C25H36O7/c1-7-12(2)21(29)32-11-15-8-16-17-22(5,6)24(17,30)10-14(4)23(20(16)28)9-13(3)18(26)25(23,31)19(15)27/h7-9,14,16-20,26-28,30-31H,10-11H2,1-6H3/b12-7+/t14-,16+,17-,18+,19-,20?,23+,24+,25-/m1/s1. The maximum atomic E-state index is 12.2. The quantitative estimate of drug-likeness (QED) is 0.250. The summed E-state index contributed by atoms with van der Waals surface area (Å²) in [5, 5.41) is 57.8. The lowest BCUT2D eigenvalue weighted by atomic mass is 9.58. The molecule has 7 nitrogen and oxygen atoms in total. The van der Waals surface area contributed by atoms with Gasteiger partial charge in [-0.05, 0) is 44.3 Å². The molecule has 0 aromatic carbocycles. The topological polar surface area (TPSA) is 127 Å². The smallest absolute Gasteiger partial charge is 0.333 e. The second-order valence-corrected chi connectivity index (χ2v) is 11.0. The van der Waals surface area contributed by atoms with Crippen molar-refractivity contribution in [2.75, 3.05) is 6.61 Å². The van der Waals surface area contributed by atoms with E-state index in [1.807, 2.05) is 20.8 Å². The Morgan fingerprint density at radius 1 is 1.22 bits per heavy atom. The van der Waals surface area contributed by atoms with Crippen molar-refractivity contribution in [1.29, 1.82) is 0 Å². The van der Waals surface area contributed by atoms with E-state index in [0.29, 0.717) is 17.6 Å². The van der Waals surface area contributed by atoms with Crippen molar-refractivity contribution < 1.29 is 35.1 Å². The summed E-state index contributed by atoms with van der Waals surface area (Å²) in [5.41, 5.74) is -3.95. The Kier molecular flexibility index (Phi) is 5.17. The molecular weight excluding hydrogens is 412 g/mol. The van der Waals surface area contributed by atoms with Gasteiger partial charge in [-0.3, -0.25) is 0 Å². The molecule has 4 rings (SSSR count). The normalized spacial score (nSPS) is 49.2. The van der Waals surface area contributed by atoms with Crippen molar-refractivity contribution in [3.05, 3.63) is 34.9 Å². The number of aliphatic hydroxyl groups excluding tert-OH is 3. The van der Waals surface area contributed by atoms with E-state index in [9.17, 15) is 30.3 Å². The Morgan fingerprint density at radius 3 is 2.44 bits per heavy atom. The van der Waals surface area contributed by atoms with Gasteiger partial charge in [0.1, 0.15) is 24.4 Å². The van der Waals surface area contributed by atoms with Crippen molar-refractivity contribution in [1.82, 2.24) is 0 Å². The molecule has 9 atom stereocenters. The first kappa shape index (κ1) is 23.6. The summed E-state index contributed by atoms with van der Waals surface area (Å²) in [7, 11) is 0. The van der Waals surface area contributed by atoms with E-state index in [2.05, 4.69) is 0 Å². The van der Waals surface area contributed by atoms with Crippen molar-refractivity contribution in [3.63, 3.8) is 0 Å². The van der Waals surface area contributed by atoms with Gasteiger partial charge in [-0.25, -0.2) is 4.79 Å². The van der Waals surface area contributed by atoms with Crippen LogP contribution in [0.25, 0.3) is 0 Å². The van der Waals surface area contributed by atoms with Gasteiger partial charge in [0, 0.05) is 22.8 Å². The number of rotatable bonds is 3. The monoisotopic (exact) mass is 448 g/mol. The second-order valence-electron chi connectivity index (χ2n) is 11.0. The summed E-state index contributed by atoms with van der Waals surface area (Å²) in [5.74, 6) is -1.90. The largest absolute Gasteiger partial charge is 0.458 e. The predicted molar refractivity (Wildman–Crippen MR) is 117 cm³/mol. The van der Waals surface area contributed by atoms with Crippen molar-refractivity contribution in [3.8, 4) is 0 Å². The van der Waals surface area contributed by atoms with E-state index in [-0.39, 0.29) is 18.1 Å². The van der Waals surface area contributed by atoms with Gasteiger partial charge in [-0.15, -0.1) is 0 Å². The van der Waals surface area contributed by atoms with Crippen LogP contribution in [0.1, 0.15) is 48.0 Å². The van der Waals surface area contributed by atoms with Gasteiger partial charge in [-0.1, -0.05) is 39.0 Å². The summed E-state index contributed by atoms with van der Waals surface area (Å²) in [6, 6.07) is 0. The van der Waals surface area contributed by atoms with Gasteiger partial charge in [0.05, 0.1) is 17.1 Å². The van der Waals surface area contributed by atoms with Gasteiger partial charge >= 0.3 is 5.97 Å². The third-order valence-corrected chi connectivity index (χ3v) is 9.30. The van der Waals surface area contributed by atoms with E-state index in [1.54, 1.807) is 39.0 Å². The fourth-order valence-electron chi connectivity index (χ4n) is 7.21. The number of hydrogen-bond donors (Lipinski definition) is 5. The van der Waals surface area contributed by atoms with E-state index < -0.39 is 58.1 Å². The molecule has 2 fully saturated rings. The molecule has 0 aliphatic heterocycles. The summed E-state index contributed by atoms with van der Waals surface area (Å²) < 4.78 is 5.39. The number of esters is 1. The zero-order valence-electron chi connectivity index (χ0n) is 19.7. The number of hydrogen-bond acceptors (Lipinski definition) is 7. The van der Waals surface area contributed by atoms with Gasteiger partial charge in [0.2, 0.25) is 0 Å². The Balaban J connectivity index is 1.86. The fourth-order valence-corrected chi connectivity index (χ4v) is 7.21. The molecule has 0 saturated heterocycles. The van der Waals surface area contributed by atoms with E-state index in [1.165, 1.54) is 0 Å². The molecule has 0 aromatic rings. The predicted octanol–water partition coefficient (Wildman–Crippen LogP) is 1.24. The van der Waals surface area contributed by atoms with Crippen LogP contribution in [0, 0.1) is 28.6 Å². The third kappa shape index (κ3) is 2.57. The molecule has 0 amide bonds. The number of allylic oxidation sites excluding steroid dienone is 1. The molecule has 178 valence electrons. The molecule has 0 heterocycles. The highest BCUT2D eigenvalue weighted by Crippen LogP contribution is 2.74. The van der Waals surface area contributed by atoms with Crippen LogP contribution in [0.3, 0.4) is 0 Å². The summed E-state index contributed by atoms with van der Waals surface area (Å²) >= 11 is 0. The van der Waals surface area contributed by atoms with Crippen molar-refractivity contribution in [2.45, 2.75) is 77.5 Å². The van der Waals surface area contributed by atoms with Crippen LogP contribution in [0.2, 0.25) is 0 Å². The minimum absolute atomic E-state index is 0.219. The number of fused-ring (bicyclic) bond motifs is 3. The van der Waals surface area contributed by atoms with Crippen LogP contribution in [-0.4, -0.2) is 67.6 Å². The molecule has 4 aliphatic rings. The lowest BCUT2D eigenvalue weighted by Gasteiger charge is -2.51. The molecule has 7 heteroatoms. The zero-order chi connectivity index (χ0) is 24.0. The van der Waals surface area contributed by atoms with Crippen LogP contribution in [0.5, 0.6) is 0 Å². The van der Waals surface area contributed by atoms with Gasteiger partial charge in [0.25, 0.3) is 0 Å². The van der Waals surface area contributed by atoms with Crippen LogP contribution >= 0.6 is 0 Å². The van der Waals surface area contributed by atoms with Crippen molar-refractivity contribution >= 4 is 5.97 Å². The zero-order valence-corrected chi connectivity index (χ0v) is 19.7. The lowest BCUT2D eigenvalue weighted by Crippen LogP contribution is -2.66. The Hall–Kier alpha value is -1.51. The minimum Gasteiger partial charge on any atom is -0.458 e. The van der Waals surface area contributed by atoms with E-state index in [0.717, 1.165) is 0 Å². The SMILES string of the molecule is C/C=C(\C)C(=O)OCC1=C[C@@H]2C(O)[C@]3(C=C(C)[C@H](O)[C@@]3(O)[C@@H]1O)[C@H](C)C[C@]1(O)[C@H]2C1(C)C. The Morgan fingerprint density at radius 2 is 1.84 bits per heavy atom. The van der Waals surface area contributed by atoms with Crippen LogP contribution in [-0.2, 0) is 9.53 Å². The van der Waals surface area contributed by atoms with Gasteiger partial charge in [-0.2, -0.15) is 0 Å². The first-order valence-corrected chi connectivity index (χ1v) is 11.4. The average molecular weight is 449 g/mol. The molecule has 2 bridgehead atoms. The van der Waals surface area contributed by atoms with E-state index in [4.69, 9.17) is 4.74 Å². The Bertz CT molecular complexity index is 933. The fraction of sp³-hybridized carbons (Fsp3) is 0.720. The van der Waals surface area contributed by atoms with Gasteiger partial charge < -0.3 is 30.3 Å². The molecule has 1 spiro atoms. The summed E-state index contributed by atoms with van der Waals surface area (Å²) in [6.07, 6.45) is 1.15. The van der Waals surface area contributed by atoms with Crippen LogP contribution < -0.4 is 0 Å². The first-order valence-electron chi connectivity index (χ1n) is 11.4. The molecule has 0 aromatic heterocycles. The summed E-state index contributed by atoms with van der Waals surface area (Å²) in [4.78, 5) is 12.2. The first-order chi connectivity index (χ1) is 14.7. The highest BCUT2D eigenvalue weighted by atomic mass is 16.5. The Labute approximate surface area is 189 Å². The maximum absolute atomic E-state index is 12.2. The molecule has 2 saturated carbocycles. The number of aliphatic hydroxyl groups is 5. The molecular formula is C25H36O7. The van der Waals surface area contributed by atoms with Crippen LogP contribution in [0.4, 0.5) is 0 Å². The third-order valence-electron chi connectivity index (χ3n) is 9.30. The van der Waals surface area contributed by atoms with E-state index >= 15 is 0 Å². The number of carbonyl (C=O) groups excluding carboxylic acids is 1. The second kappa shape index (κ2) is 7.00. The lowest BCUT2D eigenvalue weighted by molar-refractivity contribution is -0.216. The van der Waals surface area contributed by atoms with Crippen LogP contribution in [0.15, 0.2) is 34.9 Å². The molecule has 0 radical (unpaired) electrons. The molecule has 4 aliphatic carbocycles. The van der Waals surface area contributed by atoms with Gasteiger partial charge in [0.15, 0.2) is 0 Å². The highest BCUT2D eigenvalue weighted by Gasteiger charge is 2.80. The number of carbonyl (C=O) groups is 1. The van der Waals surface area contributed by atoms with Crippen molar-refractivity contribution in [2.24, 2.45) is 28.6 Å². The molecule has 32 heavy (non-hydrogen) atoms. The maximum Gasteiger partial charge on any atom is 0.333 e. The highest BCUT2D eigenvalue weighted by molar-refractivity contribution is 5.87. The average Bonchev–Trinajstić information content (AvgIpc) is 3.11. The molecule has 1 unspecified atom stereocenters. The minimum atomic E-state index is -2.13.